The fourth-order valence-electron chi connectivity index (χ4n) is 1.84. The average molecular weight is 359 g/mol. The summed E-state index contributed by atoms with van der Waals surface area (Å²) in [6.45, 7) is 4.17. The summed E-state index contributed by atoms with van der Waals surface area (Å²) in [5.41, 5.74) is 0.106. The van der Waals surface area contributed by atoms with E-state index in [-0.39, 0.29) is 16.6 Å². The van der Waals surface area contributed by atoms with Gasteiger partial charge in [0.25, 0.3) is 0 Å². The van der Waals surface area contributed by atoms with Crippen molar-refractivity contribution in [2.45, 2.75) is 37.2 Å². The van der Waals surface area contributed by atoms with Gasteiger partial charge in [-0.05, 0) is 31.5 Å². The number of thioether (sulfide) groups is 1. The van der Waals surface area contributed by atoms with Crippen LogP contribution in [0.15, 0.2) is 28.2 Å². The van der Waals surface area contributed by atoms with Crippen LogP contribution >= 0.6 is 23.4 Å². The number of aromatic amines is 1. The molecule has 9 heteroatoms. The molecule has 2 aromatic rings. The van der Waals surface area contributed by atoms with E-state index in [1.165, 1.54) is 34.5 Å². The first-order valence-corrected chi connectivity index (χ1v) is 8.26. The van der Waals surface area contributed by atoms with Gasteiger partial charge in [-0.1, -0.05) is 30.3 Å². The second kappa shape index (κ2) is 7.65. The van der Waals surface area contributed by atoms with Crippen LogP contribution in [0.4, 0.5) is 10.1 Å². The van der Waals surface area contributed by atoms with Crippen molar-refractivity contribution in [3.63, 3.8) is 0 Å². The molecule has 0 unspecified atom stereocenters. The zero-order valence-electron chi connectivity index (χ0n) is 12.6. The fraction of sp³-hybridized carbons (Fsp3) is 0.357. The molecule has 0 spiro atoms. The van der Waals surface area contributed by atoms with Crippen molar-refractivity contribution in [3.05, 3.63) is 39.5 Å². The van der Waals surface area contributed by atoms with Crippen LogP contribution in [0.2, 0.25) is 5.02 Å². The van der Waals surface area contributed by atoms with E-state index in [1.54, 1.807) is 6.92 Å². The molecule has 124 valence electrons. The summed E-state index contributed by atoms with van der Waals surface area (Å²) in [6, 6.07) is 3.95. The number of nitrogens with zero attached hydrogens (tertiary/aromatic N) is 2. The second-order valence-corrected chi connectivity index (χ2v) is 6.56. The summed E-state index contributed by atoms with van der Waals surface area (Å²) >= 11 is 6.85. The third-order valence-electron chi connectivity index (χ3n) is 3.01. The number of hydrogen-bond acceptors (Lipinski definition) is 4. The van der Waals surface area contributed by atoms with Gasteiger partial charge in [0.1, 0.15) is 5.82 Å². The third kappa shape index (κ3) is 4.35. The van der Waals surface area contributed by atoms with Crippen LogP contribution in [0.25, 0.3) is 0 Å². The van der Waals surface area contributed by atoms with Crippen molar-refractivity contribution in [2.75, 3.05) is 5.32 Å². The van der Waals surface area contributed by atoms with Crippen molar-refractivity contribution in [1.29, 1.82) is 0 Å². The number of nitrogens with one attached hydrogen (secondary N) is 2. The molecule has 6 nitrogen and oxygen atoms in total. The third-order valence-corrected chi connectivity index (χ3v) is 4.39. The molecule has 1 heterocycles. The number of anilines is 1. The first-order chi connectivity index (χ1) is 10.9. The smallest absolute Gasteiger partial charge is 0.325 e. The van der Waals surface area contributed by atoms with Gasteiger partial charge in [0, 0.05) is 12.2 Å². The molecule has 1 aromatic heterocycles. The summed E-state index contributed by atoms with van der Waals surface area (Å²) in [6.07, 6.45) is 0.779. The lowest BCUT2D eigenvalue weighted by Crippen LogP contribution is -2.24. The highest BCUT2D eigenvalue weighted by Gasteiger charge is 2.19. The molecule has 23 heavy (non-hydrogen) atoms. The minimum Gasteiger partial charge on any atom is -0.325 e. The molecule has 1 aromatic carbocycles. The van der Waals surface area contributed by atoms with Gasteiger partial charge in [-0.3, -0.25) is 9.36 Å². The van der Waals surface area contributed by atoms with Crippen molar-refractivity contribution in [1.82, 2.24) is 14.8 Å². The highest BCUT2D eigenvalue weighted by atomic mass is 35.5. The maximum atomic E-state index is 13.1. The predicted octanol–water partition coefficient (Wildman–Crippen LogP) is 2.89. The average Bonchev–Trinajstić information content (AvgIpc) is 2.84. The molecule has 2 rings (SSSR count). The molecule has 1 amide bonds. The van der Waals surface area contributed by atoms with Crippen LogP contribution < -0.4 is 11.0 Å². The number of H-pyrrole nitrogens is 1. The Bertz CT molecular complexity index is 761. The maximum Gasteiger partial charge on any atom is 0.343 e. The van der Waals surface area contributed by atoms with Crippen molar-refractivity contribution < 1.29 is 9.18 Å². The molecule has 0 aliphatic rings. The molecule has 0 radical (unpaired) electrons. The number of rotatable bonds is 6. The lowest BCUT2D eigenvalue weighted by Gasteiger charge is -2.12. The molecule has 1 atom stereocenters. The van der Waals surface area contributed by atoms with Gasteiger partial charge in [-0.25, -0.2) is 14.3 Å². The Labute approximate surface area is 141 Å². The number of benzene rings is 1. The summed E-state index contributed by atoms with van der Waals surface area (Å²) in [7, 11) is 0. The van der Waals surface area contributed by atoms with Gasteiger partial charge in [-0.15, -0.1) is 5.10 Å². The molecular weight excluding hydrogens is 343 g/mol. The Morgan fingerprint density at radius 3 is 2.96 bits per heavy atom. The number of amides is 1. The lowest BCUT2D eigenvalue weighted by molar-refractivity contribution is -0.115. The van der Waals surface area contributed by atoms with E-state index in [1.807, 2.05) is 6.92 Å². The number of halogens is 2. The van der Waals surface area contributed by atoms with Crippen LogP contribution in [-0.4, -0.2) is 25.9 Å². The largest absolute Gasteiger partial charge is 0.343 e. The van der Waals surface area contributed by atoms with E-state index in [9.17, 15) is 14.0 Å². The Morgan fingerprint density at radius 1 is 1.57 bits per heavy atom. The van der Waals surface area contributed by atoms with Crippen LogP contribution in [0, 0.1) is 5.82 Å². The van der Waals surface area contributed by atoms with Crippen LogP contribution in [-0.2, 0) is 11.3 Å². The van der Waals surface area contributed by atoms with Crippen LogP contribution in [0.1, 0.15) is 20.3 Å². The molecular formula is C14H16ClFN4O2S. The molecule has 0 aliphatic heterocycles. The zero-order chi connectivity index (χ0) is 17.0. The highest BCUT2D eigenvalue weighted by molar-refractivity contribution is 8.00. The number of aromatic nitrogens is 3. The fourth-order valence-corrected chi connectivity index (χ4v) is 2.91. The number of carbonyl (C=O) groups is 1. The Balaban J connectivity index is 2.05. The Morgan fingerprint density at radius 2 is 2.30 bits per heavy atom. The van der Waals surface area contributed by atoms with Crippen molar-refractivity contribution in [3.8, 4) is 0 Å². The molecule has 0 saturated carbocycles. The van der Waals surface area contributed by atoms with E-state index in [0.717, 1.165) is 6.42 Å². The van der Waals surface area contributed by atoms with Gasteiger partial charge in [-0.2, -0.15) is 0 Å². The quantitative estimate of drug-likeness (QED) is 0.778. The second-order valence-electron chi connectivity index (χ2n) is 4.84. The zero-order valence-corrected chi connectivity index (χ0v) is 14.2. The van der Waals surface area contributed by atoms with Crippen LogP contribution in [0.5, 0.6) is 0 Å². The van der Waals surface area contributed by atoms with E-state index in [4.69, 9.17) is 11.6 Å². The van der Waals surface area contributed by atoms with E-state index >= 15 is 0 Å². The van der Waals surface area contributed by atoms with E-state index in [2.05, 4.69) is 15.5 Å². The summed E-state index contributed by atoms with van der Waals surface area (Å²) in [5, 5.41) is 8.85. The van der Waals surface area contributed by atoms with Gasteiger partial charge in [0.2, 0.25) is 5.91 Å². The van der Waals surface area contributed by atoms with Crippen LogP contribution in [0.3, 0.4) is 0 Å². The minimum absolute atomic E-state index is 0.0628. The van der Waals surface area contributed by atoms with Gasteiger partial charge < -0.3 is 5.32 Å². The monoisotopic (exact) mass is 358 g/mol. The topological polar surface area (TPSA) is 79.8 Å². The molecule has 0 aliphatic carbocycles. The minimum atomic E-state index is -0.549. The SMILES string of the molecule is CCCn1c(S[C@H](C)C(=O)Nc2ccc(F)c(Cl)c2)n[nH]c1=O. The van der Waals surface area contributed by atoms with Gasteiger partial charge in [0.15, 0.2) is 5.16 Å². The molecule has 0 saturated heterocycles. The van der Waals surface area contributed by atoms with E-state index < -0.39 is 11.1 Å². The van der Waals surface area contributed by atoms with Crippen molar-refractivity contribution in [2.24, 2.45) is 0 Å². The Hall–Kier alpha value is -1.80. The summed E-state index contributed by atoms with van der Waals surface area (Å²) in [4.78, 5) is 23.8. The first-order valence-electron chi connectivity index (χ1n) is 7.00. The normalized spacial score (nSPS) is 12.2. The molecule has 2 N–H and O–H groups in total. The summed E-state index contributed by atoms with van der Waals surface area (Å²) < 4.78 is 14.6. The number of hydrogen-bond donors (Lipinski definition) is 2. The maximum absolute atomic E-state index is 13.1. The Kier molecular flexibility index (Phi) is 5.84. The highest BCUT2D eigenvalue weighted by Crippen LogP contribution is 2.23. The van der Waals surface area contributed by atoms with E-state index in [0.29, 0.717) is 17.4 Å². The predicted molar refractivity (Wildman–Crippen MR) is 88.5 cm³/mol. The van der Waals surface area contributed by atoms with Gasteiger partial charge >= 0.3 is 5.69 Å². The van der Waals surface area contributed by atoms with Crippen molar-refractivity contribution >= 4 is 35.0 Å². The lowest BCUT2D eigenvalue weighted by atomic mass is 10.3. The molecule has 0 bridgehead atoms. The summed E-state index contributed by atoms with van der Waals surface area (Å²) in [5.74, 6) is -0.844. The standard InChI is InChI=1S/C14H16ClFN4O2S/c1-3-6-20-13(22)18-19-14(20)23-8(2)12(21)17-9-4-5-11(16)10(15)7-9/h4-5,7-8H,3,6H2,1-2H3,(H,17,21)(H,18,22)/t8-/m1/s1. The first kappa shape index (κ1) is 17.6. The van der Waals surface area contributed by atoms with Gasteiger partial charge in [0.05, 0.1) is 10.3 Å². The molecule has 0 fully saturated rings. The number of carbonyl (C=O) groups excluding carboxylic acids is 1.